The van der Waals surface area contributed by atoms with Gasteiger partial charge in [0.2, 0.25) is 5.91 Å². The van der Waals surface area contributed by atoms with Gasteiger partial charge in [-0.2, -0.15) is 0 Å². The van der Waals surface area contributed by atoms with E-state index in [0.717, 1.165) is 0 Å². The van der Waals surface area contributed by atoms with Gasteiger partial charge < -0.3 is 20.2 Å². The highest BCUT2D eigenvalue weighted by Gasteiger charge is 2.12. The first-order valence-electron chi connectivity index (χ1n) is 6.17. The van der Waals surface area contributed by atoms with Gasteiger partial charge in [-0.1, -0.05) is 0 Å². The van der Waals surface area contributed by atoms with Crippen molar-refractivity contribution in [2.45, 2.75) is 12.5 Å². The number of methoxy groups -OCH3 is 1. The molecule has 0 saturated carbocycles. The van der Waals surface area contributed by atoms with E-state index in [0.29, 0.717) is 16.8 Å². The number of fused-ring (bicyclic) bond motifs is 1. The monoisotopic (exact) mass is 315 g/mol. The summed E-state index contributed by atoms with van der Waals surface area (Å²) < 4.78 is 11.4. The van der Waals surface area contributed by atoms with Gasteiger partial charge in [-0.3, -0.25) is 9.36 Å². The molecule has 2 aromatic rings. The number of rotatable bonds is 5. The summed E-state index contributed by atoms with van der Waals surface area (Å²) in [6, 6.07) is 5.00. The number of nitrogens with two attached hydrogens (primary N) is 1. The lowest BCUT2D eigenvalue weighted by Gasteiger charge is -2.12. The molecule has 8 heteroatoms. The fourth-order valence-corrected chi connectivity index (χ4v) is 1.89. The van der Waals surface area contributed by atoms with Crippen molar-refractivity contribution in [3.63, 3.8) is 0 Å². The number of ether oxygens (including phenoxy) is 1. The maximum absolute atomic E-state index is 11.8. The normalized spacial score (nSPS) is 12.0. The van der Waals surface area contributed by atoms with Crippen molar-refractivity contribution in [1.82, 2.24) is 4.57 Å². The quantitative estimate of drug-likeness (QED) is 0.852. The first-order chi connectivity index (χ1) is 9.55. The third-order valence-corrected chi connectivity index (χ3v) is 3.08. The molecule has 0 spiro atoms. The van der Waals surface area contributed by atoms with Crippen molar-refractivity contribution in [3.05, 3.63) is 28.7 Å². The summed E-state index contributed by atoms with van der Waals surface area (Å²) in [5, 5.41) is 2.74. The highest BCUT2D eigenvalue weighted by atomic mass is 35.5. The van der Waals surface area contributed by atoms with E-state index in [2.05, 4.69) is 5.32 Å². The first-order valence-corrected chi connectivity index (χ1v) is 6.17. The second kappa shape index (κ2) is 7.26. The number of nitrogens with one attached hydrogen (secondary N) is 1. The minimum atomic E-state index is -0.439. The molecule has 0 radical (unpaired) electrons. The summed E-state index contributed by atoms with van der Waals surface area (Å²) in [7, 11) is 3.12. The zero-order valence-electron chi connectivity index (χ0n) is 11.8. The smallest absolute Gasteiger partial charge is 0.408 e. The van der Waals surface area contributed by atoms with E-state index in [-0.39, 0.29) is 37.4 Å². The Morgan fingerprint density at radius 3 is 2.86 bits per heavy atom. The minimum Gasteiger partial charge on any atom is -0.408 e. The maximum atomic E-state index is 11.8. The molecule has 2 rings (SSSR count). The van der Waals surface area contributed by atoms with Gasteiger partial charge in [-0.05, 0) is 18.2 Å². The summed E-state index contributed by atoms with van der Waals surface area (Å²) in [5.41, 5.74) is 7.15. The van der Waals surface area contributed by atoms with Crippen LogP contribution in [-0.2, 0) is 16.6 Å². The number of halogens is 1. The van der Waals surface area contributed by atoms with Crippen molar-refractivity contribution < 1.29 is 13.9 Å². The summed E-state index contributed by atoms with van der Waals surface area (Å²) in [4.78, 5) is 23.2. The molecule has 1 aromatic heterocycles. The van der Waals surface area contributed by atoms with Crippen LogP contribution in [0.15, 0.2) is 27.4 Å². The van der Waals surface area contributed by atoms with Gasteiger partial charge in [0.15, 0.2) is 5.58 Å². The van der Waals surface area contributed by atoms with Gasteiger partial charge in [0.05, 0.1) is 18.0 Å². The third kappa shape index (κ3) is 3.84. The molecule has 1 atom stereocenters. The van der Waals surface area contributed by atoms with E-state index in [1.807, 2.05) is 0 Å². The van der Waals surface area contributed by atoms with Crippen molar-refractivity contribution >= 4 is 35.1 Å². The lowest BCUT2D eigenvalue weighted by atomic mass is 10.2. The molecule has 0 aliphatic carbocycles. The first kappa shape index (κ1) is 17.2. The molecule has 1 amide bonds. The molecule has 0 fully saturated rings. The number of oxazole rings is 1. The van der Waals surface area contributed by atoms with E-state index in [1.54, 1.807) is 25.2 Å². The van der Waals surface area contributed by atoms with Gasteiger partial charge in [0.25, 0.3) is 0 Å². The number of benzene rings is 1. The van der Waals surface area contributed by atoms with Crippen LogP contribution in [0.25, 0.3) is 11.1 Å². The maximum Gasteiger partial charge on any atom is 0.419 e. The van der Waals surface area contributed by atoms with Crippen LogP contribution in [0.3, 0.4) is 0 Å². The number of aromatic nitrogens is 1. The van der Waals surface area contributed by atoms with Crippen LogP contribution in [0.4, 0.5) is 5.69 Å². The van der Waals surface area contributed by atoms with Gasteiger partial charge in [0.1, 0.15) is 0 Å². The molecule has 0 bridgehead atoms. The summed E-state index contributed by atoms with van der Waals surface area (Å²) >= 11 is 0. The molecule has 1 heterocycles. The number of nitrogens with zero attached hydrogens (tertiary/aromatic N) is 1. The SMILES string of the molecule is COC(CN)CC(=O)Nc1ccc2oc(=O)n(C)c2c1.Cl. The Bertz CT molecular complexity index is 676. The molecular weight excluding hydrogens is 298 g/mol. The molecule has 0 aliphatic rings. The molecule has 7 nitrogen and oxygen atoms in total. The van der Waals surface area contributed by atoms with Gasteiger partial charge >= 0.3 is 5.76 Å². The van der Waals surface area contributed by atoms with Crippen molar-refractivity contribution in [1.29, 1.82) is 0 Å². The summed E-state index contributed by atoms with van der Waals surface area (Å²) in [5.74, 6) is -0.638. The highest BCUT2D eigenvalue weighted by Crippen LogP contribution is 2.18. The Balaban J connectivity index is 0.00000220. The second-order valence-electron chi connectivity index (χ2n) is 4.46. The predicted molar refractivity (Wildman–Crippen MR) is 81.8 cm³/mol. The summed E-state index contributed by atoms with van der Waals surface area (Å²) in [6.07, 6.45) is -0.132. The van der Waals surface area contributed by atoms with Crippen LogP contribution >= 0.6 is 12.4 Å². The largest absolute Gasteiger partial charge is 0.419 e. The fraction of sp³-hybridized carbons (Fsp3) is 0.385. The Morgan fingerprint density at radius 1 is 1.52 bits per heavy atom. The highest BCUT2D eigenvalue weighted by molar-refractivity contribution is 5.93. The zero-order valence-corrected chi connectivity index (χ0v) is 12.6. The molecule has 21 heavy (non-hydrogen) atoms. The van der Waals surface area contributed by atoms with Gasteiger partial charge in [-0.15, -0.1) is 12.4 Å². The average molecular weight is 316 g/mol. The molecule has 116 valence electrons. The Hall–Kier alpha value is -1.83. The molecule has 3 N–H and O–H groups in total. The molecule has 1 aromatic carbocycles. The second-order valence-corrected chi connectivity index (χ2v) is 4.46. The lowest BCUT2D eigenvalue weighted by molar-refractivity contribution is -0.118. The Morgan fingerprint density at radius 2 is 2.24 bits per heavy atom. The number of carbonyl (C=O) groups is 1. The van der Waals surface area contributed by atoms with Crippen LogP contribution < -0.4 is 16.8 Å². The molecular formula is C13H18ClN3O4. The molecule has 1 unspecified atom stereocenters. The predicted octanol–water partition coefficient (Wildman–Crippen LogP) is 0.856. The lowest BCUT2D eigenvalue weighted by Crippen LogP contribution is -2.28. The summed E-state index contributed by atoms with van der Waals surface area (Å²) in [6.45, 7) is 0.277. The number of hydrogen-bond donors (Lipinski definition) is 2. The number of aryl methyl sites for hydroxylation is 1. The molecule has 0 saturated heterocycles. The van der Waals surface area contributed by atoms with E-state index >= 15 is 0 Å². The van der Waals surface area contributed by atoms with Crippen LogP contribution in [0, 0.1) is 0 Å². The average Bonchev–Trinajstić information content (AvgIpc) is 2.72. The van der Waals surface area contributed by atoms with E-state index in [4.69, 9.17) is 14.9 Å². The fourth-order valence-electron chi connectivity index (χ4n) is 1.89. The Labute approximate surface area is 127 Å². The molecule has 0 aliphatic heterocycles. The minimum absolute atomic E-state index is 0. The van der Waals surface area contributed by atoms with Crippen molar-refractivity contribution in [2.24, 2.45) is 12.8 Å². The van der Waals surface area contributed by atoms with Crippen molar-refractivity contribution in [2.75, 3.05) is 19.0 Å². The number of anilines is 1. The van der Waals surface area contributed by atoms with E-state index in [9.17, 15) is 9.59 Å². The van der Waals surface area contributed by atoms with E-state index < -0.39 is 5.76 Å². The topological polar surface area (TPSA) is 99.5 Å². The van der Waals surface area contributed by atoms with Crippen LogP contribution in [0.2, 0.25) is 0 Å². The van der Waals surface area contributed by atoms with Crippen LogP contribution in [0.1, 0.15) is 6.42 Å². The number of amides is 1. The number of hydrogen-bond acceptors (Lipinski definition) is 5. The van der Waals surface area contributed by atoms with Crippen LogP contribution in [-0.4, -0.2) is 30.2 Å². The third-order valence-electron chi connectivity index (χ3n) is 3.08. The van der Waals surface area contributed by atoms with E-state index in [1.165, 1.54) is 11.7 Å². The van der Waals surface area contributed by atoms with Gasteiger partial charge in [-0.25, -0.2) is 4.79 Å². The Kier molecular flexibility index (Phi) is 5.95. The van der Waals surface area contributed by atoms with Gasteiger partial charge in [0, 0.05) is 26.4 Å². The number of carbonyl (C=O) groups excluding carboxylic acids is 1. The standard InChI is InChI=1S/C13H17N3O4.ClH/c1-16-10-5-8(3-4-11(10)20-13(16)18)15-12(17)6-9(7-14)19-2;/h3-5,9H,6-7,14H2,1-2H3,(H,15,17);1H. The van der Waals surface area contributed by atoms with Crippen molar-refractivity contribution in [3.8, 4) is 0 Å². The zero-order chi connectivity index (χ0) is 14.7. The van der Waals surface area contributed by atoms with Crippen LogP contribution in [0.5, 0.6) is 0 Å².